The maximum Gasteiger partial charge on any atom is 0.335 e. The summed E-state index contributed by atoms with van der Waals surface area (Å²) in [7, 11) is 1.57. The van der Waals surface area contributed by atoms with Gasteiger partial charge in [-0.1, -0.05) is 23.7 Å². The number of aromatic nitrogens is 1. The van der Waals surface area contributed by atoms with Gasteiger partial charge < -0.3 is 14.8 Å². The fraction of sp³-hybridized carbons (Fsp3) is 0.286. The number of halogens is 1. The predicted octanol–water partition coefficient (Wildman–Crippen LogP) is 3.52. The summed E-state index contributed by atoms with van der Waals surface area (Å²) in [5.74, 6) is 0.226. The minimum Gasteiger partial charge on any atom is -0.495 e. The van der Waals surface area contributed by atoms with Gasteiger partial charge in [0.15, 0.2) is 6.04 Å². The highest BCUT2D eigenvalue weighted by Crippen LogP contribution is 2.31. The molecule has 1 N–H and O–H groups in total. The van der Waals surface area contributed by atoms with Crippen LogP contribution in [0.3, 0.4) is 0 Å². The lowest BCUT2D eigenvalue weighted by molar-refractivity contribution is -0.144. The predicted molar refractivity (Wildman–Crippen MR) is 83.1 cm³/mol. The van der Waals surface area contributed by atoms with Crippen molar-refractivity contribution in [3.05, 3.63) is 39.8 Å². The fourth-order valence-corrected chi connectivity index (χ4v) is 2.74. The van der Waals surface area contributed by atoms with E-state index in [4.69, 9.17) is 21.1 Å². The average molecular weight is 327 g/mol. The molecule has 1 atom stereocenters. The third kappa shape index (κ3) is 3.86. The number of rotatable bonds is 6. The van der Waals surface area contributed by atoms with Gasteiger partial charge in [-0.2, -0.15) is 0 Å². The zero-order chi connectivity index (χ0) is 15.2. The Labute approximate surface area is 131 Å². The minimum atomic E-state index is -0.723. The van der Waals surface area contributed by atoms with Crippen molar-refractivity contribution in [3.63, 3.8) is 0 Å². The number of ether oxygens (including phenoxy) is 2. The summed E-state index contributed by atoms with van der Waals surface area (Å²) in [6, 6.07) is 6.60. The number of hydrogen-bond donors (Lipinski definition) is 1. The molecule has 0 saturated heterocycles. The summed E-state index contributed by atoms with van der Waals surface area (Å²) >= 11 is 7.13. The topological polar surface area (TPSA) is 60.5 Å². The maximum absolute atomic E-state index is 12.2. The van der Waals surface area contributed by atoms with Crippen LogP contribution in [0.25, 0.3) is 0 Å². The Hall–Kier alpha value is -1.79. The Morgan fingerprint density at radius 2 is 2.24 bits per heavy atom. The van der Waals surface area contributed by atoms with Crippen LogP contribution in [0.4, 0.5) is 5.69 Å². The molecule has 0 fully saturated rings. The lowest BCUT2D eigenvalue weighted by atomic mass is 10.2. The number of benzene rings is 1. The van der Waals surface area contributed by atoms with E-state index in [2.05, 4.69) is 10.3 Å². The molecule has 21 heavy (non-hydrogen) atoms. The van der Waals surface area contributed by atoms with Gasteiger partial charge in [0.1, 0.15) is 15.1 Å². The second kappa shape index (κ2) is 7.28. The maximum atomic E-state index is 12.2. The van der Waals surface area contributed by atoms with E-state index < -0.39 is 12.0 Å². The van der Waals surface area contributed by atoms with Gasteiger partial charge in [0, 0.05) is 0 Å². The molecule has 1 unspecified atom stereocenters. The molecule has 0 bridgehead atoms. The number of hydrogen-bond acceptors (Lipinski definition) is 6. The van der Waals surface area contributed by atoms with Crippen LogP contribution in [0.15, 0.2) is 30.5 Å². The van der Waals surface area contributed by atoms with Crippen molar-refractivity contribution in [1.82, 2.24) is 4.98 Å². The number of esters is 1. The quantitative estimate of drug-likeness (QED) is 0.823. The Morgan fingerprint density at radius 1 is 1.48 bits per heavy atom. The molecule has 0 aliphatic heterocycles. The molecule has 1 aromatic heterocycles. The number of thiazole rings is 1. The van der Waals surface area contributed by atoms with Crippen molar-refractivity contribution in [1.29, 1.82) is 0 Å². The molecule has 2 rings (SSSR count). The highest BCUT2D eigenvalue weighted by Gasteiger charge is 2.26. The summed E-state index contributed by atoms with van der Waals surface area (Å²) in [6.07, 6.45) is 1.51. The second-order valence-corrected chi connectivity index (χ2v) is 5.73. The van der Waals surface area contributed by atoms with Crippen LogP contribution in [0.5, 0.6) is 5.75 Å². The molecular weight excluding hydrogens is 312 g/mol. The SMILES string of the molecule is CCOC(=O)C(Nc1ccccc1OC)c1ncc(Cl)s1. The van der Waals surface area contributed by atoms with E-state index in [0.29, 0.717) is 27.4 Å². The van der Waals surface area contributed by atoms with E-state index in [9.17, 15) is 4.79 Å². The van der Waals surface area contributed by atoms with Gasteiger partial charge in [-0.25, -0.2) is 9.78 Å². The molecule has 0 saturated carbocycles. The Kier molecular flexibility index (Phi) is 5.41. The van der Waals surface area contributed by atoms with Gasteiger partial charge in [0.05, 0.1) is 25.6 Å². The number of methoxy groups -OCH3 is 1. The van der Waals surface area contributed by atoms with Gasteiger partial charge in [-0.15, -0.1) is 11.3 Å². The lowest BCUT2D eigenvalue weighted by Crippen LogP contribution is -2.23. The van der Waals surface area contributed by atoms with E-state index in [1.54, 1.807) is 20.1 Å². The van der Waals surface area contributed by atoms with Gasteiger partial charge in [0.25, 0.3) is 0 Å². The van der Waals surface area contributed by atoms with E-state index in [1.165, 1.54) is 17.5 Å². The lowest BCUT2D eigenvalue weighted by Gasteiger charge is -2.18. The van der Waals surface area contributed by atoms with Crippen LogP contribution in [-0.2, 0) is 9.53 Å². The zero-order valence-electron chi connectivity index (χ0n) is 11.6. The van der Waals surface area contributed by atoms with Crippen LogP contribution >= 0.6 is 22.9 Å². The van der Waals surface area contributed by atoms with Crippen molar-refractivity contribution in [2.24, 2.45) is 0 Å². The fourth-order valence-electron chi connectivity index (χ4n) is 1.77. The molecule has 2 aromatic rings. The first-order valence-corrected chi connectivity index (χ1v) is 7.52. The van der Waals surface area contributed by atoms with Gasteiger partial charge in [0.2, 0.25) is 0 Å². The standard InChI is InChI=1S/C14H15ClN2O3S/c1-3-20-14(18)12(13-16-8-11(15)21-13)17-9-6-4-5-7-10(9)19-2/h4-8,12,17H,3H2,1-2H3. The number of carbonyl (C=O) groups is 1. The summed E-state index contributed by atoms with van der Waals surface area (Å²) in [5.41, 5.74) is 0.685. The van der Waals surface area contributed by atoms with Crippen LogP contribution in [0.1, 0.15) is 18.0 Å². The van der Waals surface area contributed by atoms with Crippen molar-refractivity contribution < 1.29 is 14.3 Å². The summed E-state index contributed by atoms with van der Waals surface area (Å²) in [5, 5.41) is 3.65. The van der Waals surface area contributed by atoms with Crippen molar-refractivity contribution in [2.75, 3.05) is 19.0 Å². The number of nitrogens with zero attached hydrogens (tertiary/aromatic N) is 1. The second-order valence-electron chi connectivity index (χ2n) is 4.03. The molecule has 0 radical (unpaired) electrons. The van der Waals surface area contributed by atoms with Gasteiger partial charge >= 0.3 is 5.97 Å². The number of para-hydroxylation sites is 2. The Morgan fingerprint density at radius 3 is 2.86 bits per heavy atom. The average Bonchev–Trinajstić information content (AvgIpc) is 2.91. The van der Waals surface area contributed by atoms with E-state index in [-0.39, 0.29) is 0 Å². The molecule has 0 spiro atoms. The summed E-state index contributed by atoms with van der Waals surface area (Å²) in [4.78, 5) is 16.3. The molecule has 1 aromatic carbocycles. The molecule has 0 aliphatic rings. The molecule has 0 aliphatic carbocycles. The van der Waals surface area contributed by atoms with E-state index >= 15 is 0 Å². The first-order valence-electron chi connectivity index (χ1n) is 6.33. The molecule has 7 heteroatoms. The van der Waals surface area contributed by atoms with Gasteiger partial charge in [-0.3, -0.25) is 0 Å². The summed E-state index contributed by atoms with van der Waals surface area (Å²) in [6.45, 7) is 2.05. The van der Waals surface area contributed by atoms with Crippen molar-refractivity contribution >= 4 is 34.6 Å². The van der Waals surface area contributed by atoms with Crippen molar-refractivity contribution in [3.8, 4) is 5.75 Å². The smallest absolute Gasteiger partial charge is 0.335 e. The van der Waals surface area contributed by atoms with Crippen LogP contribution in [-0.4, -0.2) is 24.7 Å². The zero-order valence-corrected chi connectivity index (χ0v) is 13.2. The monoisotopic (exact) mass is 326 g/mol. The Balaban J connectivity index is 2.29. The van der Waals surface area contributed by atoms with Gasteiger partial charge in [-0.05, 0) is 19.1 Å². The number of carbonyl (C=O) groups excluding carboxylic acids is 1. The van der Waals surface area contributed by atoms with Crippen LogP contribution < -0.4 is 10.1 Å². The third-order valence-electron chi connectivity index (χ3n) is 2.67. The number of nitrogens with one attached hydrogen (secondary N) is 1. The normalized spacial score (nSPS) is 11.8. The van der Waals surface area contributed by atoms with Crippen LogP contribution in [0.2, 0.25) is 4.34 Å². The first kappa shape index (κ1) is 15.6. The number of anilines is 1. The van der Waals surface area contributed by atoms with E-state index in [0.717, 1.165) is 0 Å². The highest BCUT2D eigenvalue weighted by atomic mass is 35.5. The first-order chi connectivity index (χ1) is 10.2. The summed E-state index contributed by atoms with van der Waals surface area (Å²) < 4.78 is 10.9. The Bertz CT molecular complexity index is 618. The molecule has 1 heterocycles. The van der Waals surface area contributed by atoms with Crippen LogP contribution in [0, 0.1) is 0 Å². The highest BCUT2D eigenvalue weighted by molar-refractivity contribution is 7.16. The minimum absolute atomic E-state index is 0.294. The van der Waals surface area contributed by atoms with Crippen molar-refractivity contribution in [2.45, 2.75) is 13.0 Å². The van der Waals surface area contributed by atoms with E-state index in [1.807, 2.05) is 18.2 Å². The molecule has 5 nitrogen and oxygen atoms in total. The molecule has 112 valence electrons. The molecular formula is C14H15ClN2O3S. The largest absolute Gasteiger partial charge is 0.495 e. The molecule has 0 amide bonds. The third-order valence-corrected chi connectivity index (χ3v) is 3.85.